The van der Waals surface area contributed by atoms with Crippen LogP contribution in [0.25, 0.3) is 6.08 Å². The second-order valence-corrected chi connectivity index (χ2v) is 5.98. The van der Waals surface area contributed by atoms with Gasteiger partial charge in [-0.15, -0.1) is 0 Å². The normalized spacial score (nSPS) is 14.4. The lowest BCUT2D eigenvalue weighted by Crippen LogP contribution is -2.09. The summed E-state index contributed by atoms with van der Waals surface area (Å²) < 4.78 is 21.0. The third kappa shape index (κ3) is 3.93. The minimum Gasteiger partial charge on any atom is -0.493 e. The van der Waals surface area contributed by atoms with Crippen LogP contribution in [0.5, 0.6) is 11.5 Å². The zero-order valence-electron chi connectivity index (χ0n) is 15.3. The van der Waals surface area contributed by atoms with E-state index in [0.717, 1.165) is 0 Å². The van der Waals surface area contributed by atoms with E-state index in [1.807, 2.05) is 6.07 Å². The first-order valence-corrected chi connectivity index (χ1v) is 8.66. The Labute approximate surface area is 165 Å². The Bertz CT molecular complexity index is 1110. The molecule has 0 spiro atoms. The molecule has 3 aromatic rings. The van der Waals surface area contributed by atoms with Gasteiger partial charge in [0.1, 0.15) is 0 Å². The maximum absolute atomic E-state index is 12.3. The number of esters is 2. The third-order valence-corrected chi connectivity index (χ3v) is 4.06. The van der Waals surface area contributed by atoms with Gasteiger partial charge in [-0.25, -0.2) is 14.6 Å². The van der Waals surface area contributed by atoms with Crippen LogP contribution >= 0.6 is 0 Å². The molecule has 7 heteroatoms. The summed E-state index contributed by atoms with van der Waals surface area (Å²) in [6.07, 6.45) is 3.01. The first-order chi connectivity index (χ1) is 14.1. The minimum atomic E-state index is -0.588. The predicted octanol–water partition coefficient (Wildman–Crippen LogP) is 3.85. The molecule has 144 valence electrons. The average molecular weight is 389 g/mol. The molecule has 0 bridgehead atoms. The molecular formula is C22H15NO6. The van der Waals surface area contributed by atoms with Crippen LogP contribution in [0.15, 0.2) is 82.0 Å². The van der Waals surface area contributed by atoms with Crippen molar-refractivity contribution in [2.45, 2.75) is 0 Å². The maximum Gasteiger partial charge on any atom is 0.363 e. The number of carbonyl (C=O) groups excluding carboxylic acids is 2. The first-order valence-electron chi connectivity index (χ1n) is 8.66. The van der Waals surface area contributed by atoms with Gasteiger partial charge < -0.3 is 18.6 Å². The van der Waals surface area contributed by atoms with Gasteiger partial charge in [0.05, 0.1) is 18.9 Å². The van der Waals surface area contributed by atoms with E-state index in [-0.39, 0.29) is 17.3 Å². The van der Waals surface area contributed by atoms with Crippen LogP contribution < -0.4 is 9.47 Å². The molecule has 7 nitrogen and oxygen atoms in total. The number of benzene rings is 2. The van der Waals surface area contributed by atoms with E-state index >= 15 is 0 Å². The van der Waals surface area contributed by atoms with Crippen LogP contribution in [0.3, 0.4) is 0 Å². The van der Waals surface area contributed by atoms with E-state index in [1.165, 1.54) is 13.4 Å². The van der Waals surface area contributed by atoms with Crippen molar-refractivity contribution in [1.29, 1.82) is 0 Å². The second kappa shape index (κ2) is 7.85. The molecule has 2 heterocycles. The molecule has 0 amide bonds. The van der Waals surface area contributed by atoms with Crippen molar-refractivity contribution >= 4 is 23.9 Å². The lowest BCUT2D eigenvalue weighted by Gasteiger charge is -2.10. The molecule has 2 aromatic carbocycles. The second-order valence-electron chi connectivity index (χ2n) is 5.98. The highest BCUT2D eigenvalue weighted by Gasteiger charge is 2.26. The van der Waals surface area contributed by atoms with E-state index in [9.17, 15) is 9.59 Å². The maximum atomic E-state index is 12.3. The van der Waals surface area contributed by atoms with Crippen molar-refractivity contribution in [3.8, 4) is 11.5 Å². The minimum absolute atomic E-state index is 0.103. The Morgan fingerprint density at radius 2 is 1.86 bits per heavy atom. The van der Waals surface area contributed by atoms with Gasteiger partial charge in [0, 0.05) is 0 Å². The van der Waals surface area contributed by atoms with Gasteiger partial charge in [-0.3, -0.25) is 0 Å². The molecule has 0 atom stereocenters. The van der Waals surface area contributed by atoms with E-state index in [2.05, 4.69) is 4.99 Å². The number of methoxy groups -OCH3 is 1. The molecule has 0 saturated heterocycles. The largest absolute Gasteiger partial charge is 0.493 e. The highest BCUT2D eigenvalue weighted by atomic mass is 16.6. The quantitative estimate of drug-likeness (QED) is 0.374. The first kappa shape index (κ1) is 18.2. The molecule has 0 saturated carbocycles. The topological polar surface area (TPSA) is 87.3 Å². The number of nitrogens with zero attached hydrogens (tertiary/aromatic N) is 1. The summed E-state index contributed by atoms with van der Waals surface area (Å²) in [5.41, 5.74) is 1.17. The van der Waals surface area contributed by atoms with Gasteiger partial charge in [0.15, 0.2) is 23.0 Å². The van der Waals surface area contributed by atoms with Gasteiger partial charge in [-0.1, -0.05) is 24.3 Å². The van der Waals surface area contributed by atoms with Crippen LogP contribution in [0.1, 0.15) is 21.7 Å². The number of hydrogen-bond acceptors (Lipinski definition) is 7. The van der Waals surface area contributed by atoms with Crippen LogP contribution in [-0.4, -0.2) is 24.9 Å². The summed E-state index contributed by atoms with van der Waals surface area (Å²) in [4.78, 5) is 28.5. The van der Waals surface area contributed by atoms with Crippen LogP contribution in [-0.2, 0) is 9.53 Å². The fourth-order valence-corrected chi connectivity index (χ4v) is 2.66. The van der Waals surface area contributed by atoms with Crippen molar-refractivity contribution in [3.63, 3.8) is 0 Å². The molecule has 4 rings (SSSR count). The monoisotopic (exact) mass is 389 g/mol. The molecule has 0 unspecified atom stereocenters. The zero-order chi connectivity index (χ0) is 20.2. The fraction of sp³-hybridized carbons (Fsp3) is 0.0455. The summed E-state index contributed by atoms with van der Waals surface area (Å²) in [6.45, 7) is 0. The fourth-order valence-electron chi connectivity index (χ4n) is 2.66. The summed E-state index contributed by atoms with van der Waals surface area (Å²) in [7, 11) is 1.46. The number of aliphatic imine (C=N–C) groups is 1. The van der Waals surface area contributed by atoms with Gasteiger partial charge in [0.2, 0.25) is 0 Å². The third-order valence-electron chi connectivity index (χ3n) is 4.06. The summed E-state index contributed by atoms with van der Waals surface area (Å²) in [5.74, 6) is -0.0198. The number of ether oxygens (including phenoxy) is 3. The van der Waals surface area contributed by atoms with Crippen LogP contribution in [0, 0.1) is 0 Å². The molecule has 1 aromatic heterocycles. The molecule has 0 radical (unpaired) electrons. The Morgan fingerprint density at radius 3 is 2.59 bits per heavy atom. The molecule has 0 fully saturated rings. The number of rotatable bonds is 5. The van der Waals surface area contributed by atoms with E-state index in [0.29, 0.717) is 22.6 Å². The number of cyclic esters (lactones) is 1. The van der Waals surface area contributed by atoms with Crippen LogP contribution in [0.2, 0.25) is 0 Å². The lowest BCUT2D eigenvalue weighted by molar-refractivity contribution is -0.130. The van der Waals surface area contributed by atoms with Gasteiger partial charge in [-0.05, 0) is 48.0 Å². The standard InChI is InChI=1S/C22H15NO6/c1-26-19-13-14(9-10-17(19)28-21(24)15-6-3-2-4-7-15)12-16-22(25)29-20(23-16)18-8-5-11-27-18/h2-13H,1H3/b16-12+. The Hall–Kier alpha value is -4.13. The zero-order valence-corrected chi connectivity index (χ0v) is 15.3. The molecule has 0 N–H and O–H groups in total. The van der Waals surface area contributed by atoms with Crippen molar-refractivity contribution in [2.75, 3.05) is 7.11 Å². The Kier molecular flexibility index (Phi) is 4.94. The Balaban J connectivity index is 1.57. The Morgan fingerprint density at radius 1 is 1.03 bits per heavy atom. The average Bonchev–Trinajstić information content (AvgIpc) is 3.40. The van der Waals surface area contributed by atoms with E-state index in [4.69, 9.17) is 18.6 Å². The molecule has 0 aliphatic carbocycles. The number of hydrogen-bond donors (Lipinski definition) is 0. The lowest BCUT2D eigenvalue weighted by atomic mass is 10.1. The smallest absolute Gasteiger partial charge is 0.363 e. The molecular weight excluding hydrogens is 374 g/mol. The van der Waals surface area contributed by atoms with E-state index < -0.39 is 11.9 Å². The highest BCUT2D eigenvalue weighted by molar-refractivity contribution is 6.11. The highest BCUT2D eigenvalue weighted by Crippen LogP contribution is 2.30. The van der Waals surface area contributed by atoms with Gasteiger partial charge >= 0.3 is 11.9 Å². The summed E-state index contributed by atoms with van der Waals surface area (Å²) >= 11 is 0. The van der Waals surface area contributed by atoms with Crippen molar-refractivity contribution in [1.82, 2.24) is 0 Å². The molecule has 29 heavy (non-hydrogen) atoms. The molecule has 1 aliphatic heterocycles. The van der Waals surface area contributed by atoms with E-state index in [1.54, 1.807) is 60.7 Å². The van der Waals surface area contributed by atoms with Crippen LogP contribution in [0.4, 0.5) is 0 Å². The predicted molar refractivity (Wildman–Crippen MR) is 104 cm³/mol. The number of carbonyl (C=O) groups is 2. The van der Waals surface area contributed by atoms with Crippen molar-refractivity contribution in [3.05, 3.63) is 89.5 Å². The van der Waals surface area contributed by atoms with Crippen molar-refractivity contribution < 1.29 is 28.2 Å². The van der Waals surface area contributed by atoms with Crippen molar-refractivity contribution in [2.24, 2.45) is 4.99 Å². The summed E-state index contributed by atoms with van der Waals surface area (Å²) in [6, 6.07) is 16.9. The number of furan rings is 1. The molecule has 1 aliphatic rings. The SMILES string of the molecule is COc1cc(/C=C2/N=C(c3ccco3)OC2=O)ccc1OC(=O)c1ccccc1. The van der Waals surface area contributed by atoms with Gasteiger partial charge in [-0.2, -0.15) is 0 Å². The summed E-state index contributed by atoms with van der Waals surface area (Å²) in [5, 5.41) is 0. The van der Waals surface area contributed by atoms with Gasteiger partial charge in [0.25, 0.3) is 5.90 Å².